The minimum absolute atomic E-state index is 0.00429. The first kappa shape index (κ1) is 23.5. The van der Waals surface area contributed by atoms with Crippen molar-refractivity contribution in [2.24, 2.45) is 5.92 Å². The van der Waals surface area contributed by atoms with Crippen LogP contribution in [0.15, 0.2) is 28.8 Å². The van der Waals surface area contributed by atoms with Gasteiger partial charge in [-0.3, -0.25) is 14.4 Å². The Bertz CT molecular complexity index is 1460. The molecule has 15 heteroatoms. The molecular formula is C24H28N8O7. The van der Waals surface area contributed by atoms with Gasteiger partial charge in [-0.15, -0.1) is 10.2 Å². The van der Waals surface area contributed by atoms with Gasteiger partial charge in [-0.2, -0.15) is 4.98 Å². The molecule has 0 bridgehead atoms. The van der Waals surface area contributed by atoms with Crippen molar-refractivity contribution in [3.63, 3.8) is 0 Å². The first-order chi connectivity index (χ1) is 20.0. The lowest BCUT2D eigenvalue weighted by molar-refractivity contribution is -0.126. The summed E-state index contributed by atoms with van der Waals surface area (Å²) in [6, 6.07) is 5.18. The number of para-hydroxylation sites is 1. The summed E-state index contributed by atoms with van der Waals surface area (Å²) in [6.07, 6.45) is 1.51. The highest BCUT2D eigenvalue weighted by atomic mass is 16.5. The van der Waals surface area contributed by atoms with Crippen LogP contribution in [0.2, 0.25) is 0 Å². The fraction of sp³-hybridized carbons (Fsp3) is 0.375. The Balaban J connectivity index is 1.67. The molecule has 1 aliphatic rings. The summed E-state index contributed by atoms with van der Waals surface area (Å²) in [5, 5.41) is 31.3. The molecule has 15 nitrogen and oxygen atoms in total. The number of nitrogens with one attached hydrogen (secondary N) is 4. The number of anilines is 3. The lowest BCUT2D eigenvalue weighted by Crippen LogP contribution is -2.33. The van der Waals surface area contributed by atoms with E-state index in [-0.39, 0.29) is 58.8 Å². The number of benzene rings is 1. The Morgan fingerprint density at radius 3 is 2.74 bits per heavy atom. The number of methoxy groups -OCH3 is 2. The molecule has 5 N–H and O–H groups in total. The second kappa shape index (κ2) is 12.3. The van der Waals surface area contributed by atoms with Crippen LogP contribution in [0.4, 0.5) is 17.2 Å². The molecule has 0 aliphatic heterocycles. The van der Waals surface area contributed by atoms with Crippen LogP contribution in [0.1, 0.15) is 39.3 Å². The first-order valence-corrected chi connectivity index (χ1v) is 11.7. The fourth-order valence-electron chi connectivity index (χ4n) is 3.56. The van der Waals surface area contributed by atoms with E-state index in [0.717, 1.165) is 12.8 Å². The third kappa shape index (κ3) is 6.45. The van der Waals surface area contributed by atoms with E-state index in [1.54, 1.807) is 18.2 Å². The topological polar surface area (TPSA) is 203 Å². The van der Waals surface area contributed by atoms with E-state index in [0.29, 0.717) is 5.56 Å². The molecule has 0 radical (unpaired) electrons. The molecule has 3 aromatic rings. The minimum atomic E-state index is -2.79. The van der Waals surface area contributed by atoms with Gasteiger partial charge >= 0.3 is 0 Å². The highest BCUT2D eigenvalue weighted by Crippen LogP contribution is 2.38. The molecule has 4 rings (SSSR count). The average molecular weight is 544 g/mol. The molecule has 2 heterocycles. The largest absolute Gasteiger partial charge is 0.494 e. The van der Waals surface area contributed by atoms with Gasteiger partial charge in [0.05, 0.1) is 30.7 Å². The van der Waals surface area contributed by atoms with Crippen LogP contribution in [0, 0.1) is 5.92 Å². The van der Waals surface area contributed by atoms with E-state index in [4.69, 9.17) is 18.1 Å². The van der Waals surface area contributed by atoms with Gasteiger partial charge in [0.1, 0.15) is 12.6 Å². The number of amides is 3. The van der Waals surface area contributed by atoms with E-state index in [1.165, 1.54) is 20.3 Å². The molecular weight excluding hydrogens is 512 g/mol. The second-order valence-corrected chi connectivity index (χ2v) is 8.41. The molecule has 1 aliphatic carbocycles. The number of rotatable bonds is 12. The summed E-state index contributed by atoms with van der Waals surface area (Å²) in [4.78, 5) is 41.2. The van der Waals surface area contributed by atoms with Gasteiger partial charge in [0, 0.05) is 30.2 Å². The number of carbonyl (C=O) groups excluding carboxylic acids is 3. The van der Waals surface area contributed by atoms with Crippen LogP contribution in [-0.2, 0) is 14.3 Å². The van der Waals surface area contributed by atoms with Gasteiger partial charge in [-0.1, -0.05) is 11.2 Å². The minimum Gasteiger partial charge on any atom is -0.494 e. The van der Waals surface area contributed by atoms with Gasteiger partial charge in [0.2, 0.25) is 11.8 Å². The maximum absolute atomic E-state index is 12.8. The van der Waals surface area contributed by atoms with Gasteiger partial charge in [0.15, 0.2) is 23.1 Å². The van der Waals surface area contributed by atoms with Crippen molar-refractivity contribution in [3.05, 3.63) is 35.8 Å². The first-order valence-electron chi connectivity index (χ1n) is 13.2. The summed E-state index contributed by atoms with van der Waals surface area (Å²) in [5.74, 6) is -1.71. The van der Waals surface area contributed by atoms with Crippen LogP contribution in [-0.4, -0.2) is 77.6 Å². The van der Waals surface area contributed by atoms with Crippen molar-refractivity contribution < 1.29 is 37.6 Å². The summed E-state index contributed by atoms with van der Waals surface area (Å²) >= 11 is 0. The van der Waals surface area contributed by atoms with Crippen LogP contribution >= 0.6 is 0 Å². The predicted octanol–water partition coefficient (Wildman–Crippen LogP) is 0.783. The van der Waals surface area contributed by atoms with E-state index < -0.39 is 31.4 Å². The lowest BCUT2D eigenvalue weighted by atomic mass is 10.1. The van der Waals surface area contributed by atoms with Gasteiger partial charge in [-0.25, -0.2) is 0 Å². The number of carbonyl (C=O) groups is 3. The number of hydrogen-bond donors (Lipinski definition) is 5. The standard InChI is InChI=1S/C24H28N8O7/c1-25-23(36)19-15(9-17(30-31-19)28-22(35)12-7-8-12)26-14-6-4-5-13(20(14)38-3)24-29-21(32-39-24)16(10-33)27-18(34)11-37-2/h4-6,9,12,16,33H,7-8,10-11H2,1-3H3,(H,25,36)(H,27,34)(H2,26,28,30,35)/t16-/m0/s1/i1D3. The van der Waals surface area contributed by atoms with E-state index in [1.807, 2.05) is 5.32 Å². The van der Waals surface area contributed by atoms with Crippen molar-refractivity contribution in [3.8, 4) is 17.2 Å². The molecule has 3 amide bonds. The third-order valence-corrected chi connectivity index (χ3v) is 5.59. The van der Waals surface area contributed by atoms with Crippen LogP contribution in [0.3, 0.4) is 0 Å². The number of ether oxygens (including phenoxy) is 2. The molecule has 1 atom stereocenters. The van der Waals surface area contributed by atoms with Crippen LogP contribution in [0.5, 0.6) is 5.75 Å². The SMILES string of the molecule is [2H]C([2H])([2H])NC(=O)c1nnc(NC(=O)C2CC2)cc1Nc1cccc(-c2nc([C@H](CO)NC(=O)COC)no2)c1OC. The van der Waals surface area contributed by atoms with Gasteiger partial charge < -0.3 is 40.4 Å². The number of hydrogen-bond acceptors (Lipinski definition) is 12. The van der Waals surface area contributed by atoms with E-state index >= 15 is 0 Å². The second-order valence-electron chi connectivity index (χ2n) is 8.41. The summed E-state index contributed by atoms with van der Waals surface area (Å²) in [7, 11) is 2.72. The van der Waals surface area contributed by atoms with Gasteiger partial charge in [-0.05, 0) is 25.0 Å². The maximum atomic E-state index is 12.8. The van der Waals surface area contributed by atoms with E-state index in [9.17, 15) is 19.5 Å². The number of aliphatic hydroxyl groups is 1. The Morgan fingerprint density at radius 2 is 2.05 bits per heavy atom. The molecule has 2 aromatic heterocycles. The van der Waals surface area contributed by atoms with Crippen molar-refractivity contribution in [1.82, 2.24) is 31.0 Å². The fourth-order valence-corrected chi connectivity index (χ4v) is 3.56. The molecule has 0 spiro atoms. The van der Waals surface area contributed by atoms with Crippen molar-refractivity contribution in [2.45, 2.75) is 18.9 Å². The third-order valence-electron chi connectivity index (χ3n) is 5.59. The van der Waals surface area contributed by atoms with E-state index in [2.05, 4.69) is 36.3 Å². The molecule has 1 saturated carbocycles. The zero-order chi connectivity index (χ0) is 30.4. The molecule has 1 fully saturated rings. The average Bonchev–Trinajstić information content (AvgIpc) is 3.68. The smallest absolute Gasteiger partial charge is 0.273 e. The highest BCUT2D eigenvalue weighted by Gasteiger charge is 2.30. The Morgan fingerprint density at radius 1 is 1.23 bits per heavy atom. The highest BCUT2D eigenvalue weighted by molar-refractivity contribution is 6.00. The molecule has 0 saturated heterocycles. The Kier molecular flexibility index (Phi) is 7.39. The number of nitrogens with zero attached hydrogens (tertiary/aromatic N) is 4. The quantitative estimate of drug-likeness (QED) is 0.215. The Hall–Kier alpha value is -4.63. The van der Waals surface area contributed by atoms with Crippen molar-refractivity contribution in [1.29, 1.82) is 0 Å². The van der Waals surface area contributed by atoms with Crippen LogP contribution < -0.4 is 26.0 Å². The molecule has 206 valence electrons. The zero-order valence-electron chi connectivity index (χ0n) is 24.0. The number of aromatic nitrogens is 4. The summed E-state index contributed by atoms with van der Waals surface area (Å²) < 4.78 is 37.8. The van der Waals surface area contributed by atoms with Crippen molar-refractivity contribution >= 4 is 34.9 Å². The van der Waals surface area contributed by atoms with Gasteiger partial charge in [0.25, 0.3) is 11.8 Å². The maximum Gasteiger partial charge on any atom is 0.273 e. The summed E-state index contributed by atoms with van der Waals surface area (Å²) in [6.45, 7) is -3.54. The molecule has 39 heavy (non-hydrogen) atoms. The zero-order valence-corrected chi connectivity index (χ0v) is 21.0. The molecule has 0 unspecified atom stereocenters. The Labute approximate surface area is 226 Å². The normalized spacial score (nSPS) is 14.8. The monoisotopic (exact) mass is 543 g/mol. The molecule has 1 aromatic carbocycles. The summed E-state index contributed by atoms with van der Waals surface area (Å²) in [5.41, 5.74) is 0.234. The van der Waals surface area contributed by atoms with Crippen LogP contribution in [0.25, 0.3) is 11.5 Å². The predicted molar refractivity (Wildman–Crippen MR) is 136 cm³/mol. The van der Waals surface area contributed by atoms with Crippen molar-refractivity contribution in [2.75, 3.05) is 45.0 Å². The lowest BCUT2D eigenvalue weighted by Gasteiger charge is -2.16. The number of aliphatic hydroxyl groups excluding tert-OH is 1.